The number of halogens is 1. The Kier molecular flexibility index (Phi) is 6.85. The van der Waals surface area contributed by atoms with E-state index in [1.54, 1.807) is 24.3 Å². The molecule has 0 radical (unpaired) electrons. The van der Waals surface area contributed by atoms with Crippen molar-refractivity contribution in [2.45, 2.75) is 13.1 Å². The van der Waals surface area contributed by atoms with Crippen molar-refractivity contribution >= 4 is 23.2 Å². The van der Waals surface area contributed by atoms with Crippen LogP contribution in [0.15, 0.2) is 84.9 Å². The van der Waals surface area contributed by atoms with E-state index in [1.165, 1.54) is 0 Å². The summed E-state index contributed by atoms with van der Waals surface area (Å²) in [5.41, 5.74) is 3.99. The Labute approximate surface area is 197 Å². The molecule has 0 aliphatic carbocycles. The molecule has 1 aromatic heterocycles. The fourth-order valence-electron chi connectivity index (χ4n) is 3.53. The lowest BCUT2D eigenvalue weighted by Gasteiger charge is -2.17. The van der Waals surface area contributed by atoms with Crippen LogP contribution in [0.4, 0.5) is 11.6 Å². The first kappa shape index (κ1) is 21.9. The second-order valence-corrected chi connectivity index (χ2v) is 7.78. The summed E-state index contributed by atoms with van der Waals surface area (Å²) >= 11 is 6.08. The molecule has 0 unspecified atom stereocenters. The van der Waals surface area contributed by atoms with Gasteiger partial charge in [0.2, 0.25) is 0 Å². The van der Waals surface area contributed by atoms with Crippen LogP contribution in [0.1, 0.15) is 22.3 Å². The van der Waals surface area contributed by atoms with Gasteiger partial charge in [0.15, 0.2) is 0 Å². The molecule has 0 spiro atoms. The third kappa shape index (κ3) is 5.13. The second kappa shape index (κ2) is 10.3. The van der Waals surface area contributed by atoms with E-state index < -0.39 is 0 Å². The summed E-state index contributed by atoms with van der Waals surface area (Å²) in [6.07, 6.45) is 0. The lowest BCUT2D eigenvalue weighted by Crippen LogP contribution is -2.11. The van der Waals surface area contributed by atoms with E-state index >= 15 is 0 Å². The maximum atomic E-state index is 10.0. The number of rotatable bonds is 7. The van der Waals surface area contributed by atoms with Gasteiger partial charge < -0.3 is 10.6 Å². The number of nitrogens with one attached hydrogen (secondary N) is 2. The van der Waals surface area contributed by atoms with Gasteiger partial charge in [-0.3, -0.25) is 0 Å². The first-order chi connectivity index (χ1) is 16.2. The summed E-state index contributed by atoms with van der Waals surface area (Å²) in [7, 11) is 0. The maximum Gasteiger partial charge on any atom is 0.147 e. The van der Waals surface area contributed by atoms with Gasteiger partial charge in [0, 0.05) is 23.7 Å². The summed E-state index contributed by atoms with van der Waals surface area (Å²) in [6.45, 7) is 0.985. The van der Waals surface area contributed by atoms with Gasteiger partial charge in [0.1, 0.15) is 34.9 Å². The predicted octanol–water partition coefficient (Wildman–Crippen LogP) is 6.37. The Hall–Kier alpha value is -4.32. The van der Waals surface area contributed by atoms with Gasteiger partial charge in [-0.25, -0.2) is 4.98 Å². The van der Waals surface area contributed by atoms with E-state index in [4.69, 9.17) is 11.6 Å². The van der Waals surface area contributed by atoms with Crippen LogP contribution in [-0.2, 0) is 13.1 Å². The molecular weight excluding hydrogens is 430 g/mol. The molecule has 33 heavy (non-hydrogen) atoms. The van der Waals surface area contributed by atoms with E-state index in [0.29, 0.717) is 46.4 Å². The average molecular weight is 450 g/mol. The third-order valence-corrected chi connectivity index (χ3v) is 5.41. The van der Waals surface area contributed by atoms with Crippen LogP contribution in [0.3, 0.4) is 0 Å². The monoisotopic (exact) mass is 449 g/mol. The standard InChI is InChI=1S/C27H20ClN5/c28-22-13-11-21(12-14-22)25-23(15-29)26(31-17-19-7-3-1-4-8-19)33-27(24(25)16-30)32-18-20-9-5-2-6-10-20/h1-14H,17-18H2,(H2,31,32,33). The molecule has 6 heteroatoms. The second-order valence-electron chi connectivity index (χ2n) is 7.34. The van der Waals surface area contributed by atoms with Gasteiger partial charge in [0.05, 0.1) is 0 Å². The molecule has 1 heterocycles. The smallest absolute Gasteiger partial charge is 0.147 e. The summed E-state index contributed by atoms with van der Waals surface area (Å²) in [6, 6.07) is 31.3. The molecule has 3 aromatic carbocycles. The minimum Gasteiger partial charge on any atom is -0.365 e. The van der Waals surface area contributed by atoms with E-state index in [1.807, 2.05) is 60.7 Å². The molecule has 0 saturated carbocycles. The minimum absolute atomic E-state index is 0.315. The Bertz CT molecular complexity index is 1240. The number of pyridine rings is 1. The zero-order valence-electron chi connectivity index (χ0n) is 17.7. The van der Waals surface area contributed by atoms with Crippen LogP contribution in [0.2, 0.25) is 5.02 Å². The zero-order valence-corrected chi connectivity index (χ0v) is 18.5. The van der Waals surface area contributed by atoms with Crippen molar-refractivity contribution in [1.82, 2.24) is 4.98 Å². The molecule has 0 amide bonds. The predicted molar refractivity (Wildman–Crippen MR) is 132 cm³/mol. The largest absolute Gasteiger partial charge is 0.365 e. The summed E-state index contributed by atoms with van der Waals surface area (Å²) in [5, 5.41) is 27.2. The Morgan fingerprint density at radius 2 is 1.12 bits per heavy atom. The van der Waals surface area contributed by atoms with E-state index in [2.05, 4.69) is 27.8 Å². The Morgan fingerprint density at radius 3 is 1.55 bits per heavy atom. The van der Waals surface area contributed by atoms with Crippen molar-refractivity contribution < 1.29 is 0 Å². The van der Waals surface area contributed by atoms with Crippen molar-refractivity contribution in [2.24, 2.45) is 0 Å². The number of anilines is 2. The topological polar surface area (TPSA) is 84.5 Å². The number of nitriles is 2. The van der Waals surface area contributed by atoms with Gasteiger partial charge in [-0.2, -0.15) is 10.5 Å². The number of nitrogens with zero attached hydrogens (tertiary/aromatic N) is 3. The zero-order chi connectivity index (χ0) is 23.0. The van der Waals surface area contributed by atoms with Crippen LogP contribution < -0.4 is 10.6 Å². The first-order valence-electron chi connectivity index (χ1n) is 10.4. The molecule has 5 nitrogen and oxygen atoms in total. The van der Waals surface area contributed by atoms with Gasteiger partial charge in [0.25, 0.3) is 0 Å². The van der Waals surface area contributed by atoms with E-state index in [9.17, 15) is 10.5 Å². The quantitative estimate of drug-likeness (QED) is 0.342. The van der Waals surface area contributed by atoms with Crippen LogP contribution in [0, 0.1) is 22.7 Å². The van der Waals surface area contributed by atoms with Gasteiger partial charge in [-0.15, -0.1) is 0 Å². The highest BCUT2D eigenvalue weighted by Crippen LogP contribution is 2.36. The lowest BCUT2D eigenvalue weighted by atomic mass is 9.96. The third-order valence-electron chi connectivity index (χ3n) is 5.16. The highest BCUT2D eigenvalue weighted by Gasteiger charge is 2.21. The SMILES string of the molecule is N#Cc1c(NCc2ccccc2)nc(NCc2ccccc2)c(C#N)c1-c1ccc(Cl)cc1. The van der Waals surface area contributed by atoms with Crippen molar-refractivity contribution in [1.29, 1.82) is 10.5 Å². The molecule has 0 saturated heterocycles. The normalized spacial score (nSPS) is 10.2. The summed E-state index contributed by atoms with van der Waals surface area (Å²) in [5.74, 6) is 0.835. The Balaban J connectivity index is 1.80. The number of benzene rings is 3. The van der Waals surface area contributed by atoms with E-state index in [-0.39, 0.29) is 0 Å². The van der Waals surface area contributed by atoms with Crippen molar-refractivity contribution in [2.75, 3.05) is 10.6 Å². The molecule has 0 aliphatic rings. The number of hydrogen-bond acceptors (Lipinski definition) is 5. The van der Waals surface area contributed by atoms with Gasteiger partial charge in [-0.1, -0.05) is 84.4 Å². The van der Waals surface area contributed by atoms with Crippen molar-refractivity contribution in [3.63, 3.8) is 0 Å². The molecule has 0 fully saturated rings. The van der Waals surface area contributed by atoms with Crippen LogP contribution in [0.25, 0.3) is 11.1 Å². The van der Waals surface area contributed by atoms with Crippen LogP contribution >= 0.6 is 11.6 Å². The van der Waals surface area contributed by atoms with Gasteiger partial charge >= 0.3 is 0 Å². The molecule has 0 bridgehead atoms. The fourth-order valence-corrected chi connectivity index (χ4v) is 3.65. The molecule has 2 N–H and O–H groups in total. The molecule has 0 atom stereocenters. The number of hydrogen-bond donors (Lipinski definition) is 2. The van der Waals surface area contributed by atoms with Gasteiger partial charge in [-0.05, 0) is 28.8 Å². The lowest BCUT2D eigenvalue weighted by molar-refractivity contribution is 1.07. The van der Waals surface area contributed by atoms with Crippen molar-refractivity contribution in [3.05, 3.63) is 112 Å². The maximum absolute atomic E-state index is 10.0. The van der Waals surface area contributed by atoms with Crippen molar-refractivity contribution in [3.8, 4) is 23.3 Å². The average Bonchev–Trinajstić information content (AvgIpc) is 2.87. The Morgan fingerprint density at radius 1 is 0.667 bits per heavy atom. The molecule has 160 valence electrons. The summed E-state index contributed by atoms with van der Waals surface area (Å²) in [4.78, 5) is 4.65. The minimum atomic E-state index is 0.315. The molecule has 0 aliphatic heterocycles. The van der Waals surface area contributed by atoms with Crippen LogP contribution in [0.5, 0.6) is 0 Å². The molecule has 4 aromatic rings. The first-order valence-corrected chi connectivity index (χ1v) is 10.8. The molecular formula is C27H20ClN5. The highest BCUT2D eigenvalue weighted by atomic mass is 35.5. The fraction of sp³-hybridized carbons (Fsp3) is 0.0741. The van der Waals surface area contributed by atoms with Crippen LogP contribution in [-0.4, -0.2) is 4.98 Å². The summed E-state index contributed by atoms with van der Waals surface area (Å²) < 4.78 is 0. The number of aromatic nitrogens is 1. The van der Waals surface area contributed by atoms with E-state index in [0.717, 1.165) is 16.7 Å². The highest BCUT2D eigenvalue weighted by molar-refractivity contribution is 6.30. The molecule has 4 rings (SSSR count).